The summed E-state index contributed by atoms with van der Waals surface area (Å²) in [4.78, 5) is 16.5. The van der Waals surface area contributed by atoms with Crippen molar-refractivity contribution in [1.82, 2.24) is 15.0 Å². The Bertz CT molecular complexity index is 905. The van der Waals surface area contributed by atoms with Crippen molar-refractivity contribution in [1.29, 1.82) is 0 Å². The van der Waals surface area contributed by atoms with E-state index in [-0.39, 0.29) is 17.5 Å². The van der Waals surface area contributed by atoms with E-state index in [9.17, 15) is 9.18 Å². The number of halogens is 1. The molecule has 0 radical (unpaired) electrons. The van der Waals surface area contributed by atoms with E-state index >= 15 is 0 Å². The molecule has 0 atom stereocenters. The Morgan fingerprint density at radius 1 is 1.28 bits per heavy atom. The number of thioether (sulfide) groups is 1. The quantitative estimate of drug-likeness (QED) is 0.418. The molecule has 2 aromatic carbocycles. The molecule has 1 amide bonds. The van der Waals surface area contributed by atoms with Crippen LogP contribution in [0.1, 0.15) is 12.5 Å². The zero-order valence-electron chi connectivity index (χ0n) is 13.6. The maximum atomic E-state index is 12.8. The summed E-state index contributed by atoms with van der Waals surface area (Å²) in [7, 11) is 0. The molecular formula is C18H17FN4OS. The monoisotopic (exact) mass is 356 g/mol. The van der Waals surface area contributed by atoms with Gasteiger partial charge in [0.1, 0.15) is 5.82 Å². The summed E-state index contributed by atoms with van der Waals surface area (Å²) < 4.78 is 14.9. The fourth-order valence-electron chi connectivity index (χ4n) is 2.36. The van der Waals surface area contributed by atoms with Crippen LogP contribution in [0.5, 0.6) is 0 Å². The van der Waals surface area contributed by atoms with Crippen molar-refractivity contribution in [2.24, 2.45) is 5.10 Å². The summed E-state index contributed by atoms with van der Waals surface area (Å²) in [6.07, 6.45) is 1.48. The van der Waals surface area contributed by atoms with E-state index in [0.29, 0.717) is 5.56 Å². The first-order valence-corrected chi connectivity index (χ1v) is 8.81. The highest BCUT2D eigenvalue weighted by Gasteiger charge is 2.11. The molecular weight excluding hydrogens is 339 g/mol. The second-order valence-electron chi connectivity index (χ2n) is 5.26. The maximum Gasteiger partial charge on any atom is 0.250 e. The lowest BCUT2D eigenvalue weighted by molar-refractivity contribution is -0.118. The molecule has 3 aromatic rings. The Kier molecular flexibility index (Phi) is 5.45. The first-order chi connectivity index (χ1) is 12.2. The van der Waals surface area contributed by atoms with Crippen LogP contribution in [0, 0.1) is 5.82 Å². The average molecular weight is 356 g/mol. The van der Waals surface area contributed by atoms with Gasteiger partial charge in [0.2, 0.25) is 0 Å². The maximum absolute atomic E-state index is 12.8. The van der Waals surface area contributed by atoms with E-state index in [1.165, 1.54) is 30.1 Å². The Morgan fingerprint density at radius 3 is 2.80 bits per heavy atom. The van der Waals surface area contributed by atoms with Crippen LogP contribution in [0.4, 0.5) is 4.39 Å². The van der Waals surface area contributed by atoms with Gasteiger partial charge in [-0.3, -0.25) is 4.79 Å². The Labute approximate surface area is 148 Å². The number of rotatable bonds is 6. The number of amides is 1. The summed E-state index contributed by atoms with van der Waals surface area (Å²) in [6, 6.07) is 13.7. The van der Waals surface area contributed by atoms with Gasteiger partial charge in [-0.1, -0.05) is 36.0 Å². The number of carbonyl (C=O) groups excluding carboxylic acids is 1. The molecule has 0 fully saturated rings. The van der Waals surface area contributed by atoms with Crippen molar-refractivity contribution < 1.29 is 9.18 Å². The first-order valence-electron chi connectivity index (χ1n) is 7.83. The molecule has 25 heavy (non-hydrogen) atoms. The highest BCUT2D eigenvalue weighted by molar-refractivity contribution is 7.99. The number of para-hydroxylation sites is 2. The van der Waals surface area contributed by atoms with E-state index in [1.54, 1.807) is 12.1 Å². The van der Waals surface area contributed by atoms with Gasteiger partial charge >= 0.3 is 0 Å². The minimum absolute atomic E-state index is 0.212. The SMILES string of the molecule is CCn1c(SCC(=O)N/N=C\c2ccc(F)cc2)nc2ccccc21. The van der Waals surface area contributed by atoms with E-state index in [1.807, 2.05) is 31.2 Å². The van der Waals surface area contributed by atoms with Gasteiger partial charge in [0.05, 0.1) is 23.0 Å². The van der Waals surface area contributed by atoms with Gasteiger partial charge in [0.25, 0.3) is 5.91 Å². The minimum Gasteiger partial charge on any atom is -0.319 e. The highest BCUT2D eigenvalue weighted by Crippen LogP contribution is 2.23. The number of nitrogens with one attached hydrogen (secondary N) is 1. The van der Waals surface area contributed by atoms with Crippen LogP contribution in [0.25, 0.3) is 11.0 Å². The number of hydrogen-bond acceptors (Lipinski definition) is 4. The number of hydrazone groups is 1. The molecule has 3 rings (SSSR count). The van der Waals surface area contributed by atoms with Gasteiger partial charge in [0, 0.05) is 6.54 Å². The number of aryl methyl sites for hydroxylation is 1. The summed E-state index contributed by atoms with van der Waals surface area (Å²) in [5.74, 6) is -0.321. The smallest absolute Gasteiger partial charge is 0.250 e. The summed E-state index contributed by atoms with van der Waals surface area (Å²) in [6.45, 7) is 2.83. The van der Waals surface area contributed by atoms with E-state index in [0.717, 1.165) is 22.7 Å². The molecule has 0 saturated carbocycles. The fraction of sp³-hybridized carbons (Fsp3) is 0.167. The van der Waals surface area contributed by atoms with Crippen molar-refractivity contribution >= 4 is 34.9 Å². The molecule has 0 spiro atoms. The predicted octanol–water partition coefficient (Wildman–Crippen LogP) is 3.44. The Hall–Kier alpha value is -2.67. The van der Waals surface area contributed by atoms with Gasteiger partial charge in [-0.05, 0) is 36.8 Å². The summed E-state index contributed by atoms with van der Waals surface area (Å²) >= 11 is 1.37. The van der Waals surface area contributed by atoms with Gasteiger partial charge < -0.3 is 4.57 Å². The number of nitrogens with zero attached hydrogens (tertiary/aromatic N) is 3. The van der Waals surface area contributed by atoms with Gasteiger partial charge in [0.15, 0.2) is 5.16 Å². The van der Waals surface area contributed by atoms with Gasteiger partial charge in [-0.25, -0.2) is 14.8 Å². The van der Waals surface area contributed by atoms with E-state index < -0.39 is 0 Å². The van der Waals surface area contributed by atoms with Crippen molar-refractivity contribution in [2.45, 2.75) is 18.6 Å². The van der Waals surface area contributed by atoms with Crippen LogP contribution >= 0.6 is 11.8 Å². The Morgan fingerprint density at radius 2 is 2.04 bits per heavy atom. The second kappa shape index (κ2) is 7.94. The molecule has 0 unspecified atom stereocenters. The standard InChI is InChI=1S/C18H17FN4OS/c1-2-23-16-6-4-3-5-15(16)21-18(23)25-12-17(24)22-20-11-13-7-9-14(19)10-8-13/h3-11H,2,12H2,1H3,(H,22,24)/b20-11-. The van der Waals surface area contributed by atoms with Crippen LogP contribution in [0.15, 0.2) is 58.8 Å². The molecule has 0 bridgehead atoms. The largest absolute Gasteiger partial charge is 0.319 e. The lowest BCUT2D eigenvalue weighted by Gasteiger charge is -2.04. The molecule has 0 aliphatic carbocycles. The summed E-state index contributed by atoms with van der Waals surface area (Å²) in [5, 5.41) is 4.69. The van der Waals surface area contributed by atoms with E-state index in [2.05, 4.69) is 20.1 Å². The topological polar surface area (TPSA) is 59.3 Å². The number of fused-ring (bicyclic) bond motifs is 1. The lowest BCUT2D eigenvalue weighted by atomic mass is 10.2. The fourth-order valence-corrected chi connectivity index (χ4v) is 3.23. The molecule has 1 aromatic heterocycles. The molecule has 0 aliphatic rings. The van der Waals surface area contributed by atoms with E-state index in [4.69, 9.17) is 0 Å². The number of benzene rings is 2. The van der Waals surface area contributed by atoms with Crippen LogP contribution in [0.2, 0.25) is 0 Å². The number of carbonyl (C=O) groups is 1. The second-order valence-corrected chi connectivity index (χ2v) is 6.20. The predicted molar refractivity (Wildman–Crippen MR) is 98.3 cm³/mol. The zero-order valence-corrected chi connectivity index (χ0v) is 14.5. The first kappa shape index (κ1) is 17.2. The normalized spacial score (nSPS) is 11.3. The van der Waals surface area contributed by atoms with Crippen molar-refractivity contribution in [3.8, 4) is 0 Å². The zero-order chi connectivity index (χ0) is 17.6. The number of imidazole rings is 1. The molecule has 5 nitrogen and oxygen atoms in total. The van der Waals surface area contributed by atoms with Crippen molar-refractivity contribution in [2.75, 3.05) is 5.75 Å². The third-order valence-corrected chi connectivity index (χ3v) is 4.52. The third-order valence-electron chi connectivity index (χ3n) is 3.54. The number of aromatic nitrogens is 2. The van der Waals surface area contributed by atoms with Crippen LogP contribution in [-0.2, 0) is 11.3 Å². The minimum atomic E-state index is -0.309. The van der Waals surface area contributed by atoms with Gasteiger partial charge in [-0.15, -0.1) is 0 Å². The lowest BCUT2D eigenvalue weighted by Crippen LogP contribution is -2.20. The molecule has 128 valence electrons. The number of hydrogen-bond donors (Lipinski definition) is 1. The Balaban J connectivity index is 1.58. The van der Waals surface area contributed by atoms with Crippen LogP contribution < -0.4 is 5.43 Å². The molecule has 0 aliphatic heterocycles. The van der Waals surface area contributed by atoms with Crippen LogP contribution in [-0.4, -0.2) is 27.4 Å². The average Bonchev–Trinajstić information content (AvgIpc) is 2.99. The van der Waals surface area contributed by atoms with Crippen LogP contribution in [0.3, 0.4) is 0 Å². The van der Waals surface area contributed by atoms with Gasteiger partial charge in [-0.2, -0.15) is 5.10 Å². The summed E-state index contributed by atoms with van der Waals surface area (Å²) in [5.41, 5.74) is 5.15. The molecule has 0 saturated heterocycles. The molecule has 7 heteroatoms. The van der Waals surface area contributed by atoms with Crippen molar-refractivity contribution in [3.63, 3.8) is 0 Å². The third kappa shape index (κ3) is 4.24. The molecule has 1 heterocycles. The highest BCUT2D eigenvalue weighted by atomic mass is 32.2. The van der Waals surface area contributed by atoms with Crippen molar-refractivity contribution in [3.05, 3.63) is 59.9 Å². The molecule has 1 N–H and O–H groups in total.